The van der Waals surface area contributed by atoms with Gasteiger partial charge in [-0.1, -0.05) is 0 Å². The van der Waals surface area contributed by atoms with Crippen molar-refractivity contribution in [2.75, 3.05) is 0 Å². The van der Waals surface area contributed by atoms with Crippen LogP contribution in [0.2, 0.25) is 0 Å². The fourth-order valence-corrected chi connectivity index (χ4v) is 1.28. The number of esters is 1. The normalized spacial score (nSPS) is 10.8. The molecule has 0 unspecified atom stereocenters. The Morgan fingerprint density at radius 2 is 1.82 bits per heavy atom. The predicted octanol–water partition coefficient (Wildman–Crippen LogP) is 3.18. The molecule has 3 nitrogen and oxygen atoms in total. The van der Waals surface area contributed by atoms with Crippen molar-refractivity contribution in [3.05, 3.63) is 29.6 Å². The molecule has 94 valence electrons. The van der Waals surface area contributed by atoms with Gasteiger partial charge in [-0.15, -0.1) is 0 Å². The molecule has 0 N–H and O–H groups in total. The molecule has 0 aliphatic heterocycles. The molecular formula is C13H17FO3. The molecule has 0 fully saturated rings. The second-order valence-corrected chi connectivity index (χ2v) is 4.26. The molecule has 0 atom stereocenters. The average molecular weight is 240 g/mol. The van der Waals surface area contributed by atoms with Crippen LogP contribution in [0, 0.1) is 5.82 Å². The third kappa shape index (κ3) is 4.06. The minimum absolute atomic E-state index is 0.0390. The molecule has 17 heavy (non-hydrogen) atoms. The fraction of sp³-hybridized carbons (Fsp3) is 0.462. The SMILES string of the molecule is CC(C)OC(=O)c1ccc(OC(C)C)cc1F. The van der Waals surface area contributed by atoms with Gasteiger partial charge in [-0.25, -0.2) is 9.18 Å². The Labute approximate surface area is 101 Å². The average Bonchev–Trinajstić information content (AvgIpc) is 2.14. The molecule has 0 aliphatic rings. The van der Waals surface area contributed by atoms with Crippen molar-refractivity contribution in [3.8, 4) is 5.75 Å². The van der Waals surface area contributed by atoms with Gasteiger partial charge in [0.2, 0.25) is 0 Å². The molecule has 1 rings (SSSR count). The highest BCUT2D eigenvalue weighted by Crippen LogP contribution is 2.19. The molecule has 0 heterocycles. The first-order valence-corrected chi connectivity index (χ1v) is 5.57. The zero-order valence-corrected chi connectivity index (χ0v) is 10.5. The lowest BCUT2D eigenvalue weighted by Gasteiger charge is -2.12. The van der Waals surface area contributed by atoms with Crippen molar-refractivity contribution in [1.29, 1.82) is 0 Å². The standard InChI is InChI=1S/C13H17FO3/c1-8(2)16-10-5-6-11(12(14)7-10)13(15)17-9(3)4/h5-9H,1-4H3. The van der Waals surface area contributed by atoms with Gasteiger partial charge in [-0.3, -0.25) is 0 Å². The van der Waals surface area contributed by atoms with Crippen molar-refractivity contribution in [3.63, 3.8) is 0 Å². The van der Waals surface area contributed by atoms with Crippen molar-refractivity contribution in [1.82, 2.24) is 0 Å². The molecule has 1 aromatic carbocycles. The van der Waals surface area contributed by atoms with Gasteiger partial charge >= 0.3 is 5.97 Å². The van der Waals surface area contributed by atoms with E-state index in [0.717, 1.165) is 0 Å². The molecule has 0 radical (unpaired) electrons. The highest BCUT2D eigenvalue weighted by Gasteiger charge is 2.15. The van der Waals surface area contributed by atoms with Crippen LogP contribution in [0.3, 0.4) is 0 Å². The summed E-state index contributed by atoms with van der Waals surface area (Å²) in [7, 11) is 0. The maximum absolute atomic E-state index is 13.6. The topological polar surface area (TPSA) is 35.5 Å². The van der Waals surface area contributed by atoms with Crippen molar-refractivity contribution in [2.45, 2.75) is 39.9 Å². The Morgan fingerprint density at radius 1 is 1.18 bits per heavy atom. The van der Waals surface area contributed by atoms with Crippen molar-refractivity contribution < 1.29 is 18.7 Å². The third-order valence-electron chi connectivity index (χ3n) is 1.87. The summed E-state index contributed by atoms with van der Waals surface area (Å²) in [6.07, 6.45) is -0.309. The predicted molar refractivity (Wildman–Crippen MR) is 62.7 cm³/mol. The van der Waals surface area contributed by atoms with Crippen LogP contribution in [-0.2, 0) is 4.74 Å². The Morgan fingerprint density at radius 3 is 2.29 bits per heavy atom. The molecule has 0 aliphatic carbocycles. The first-order valence-electron chi connectivity index (χ1n) is 5.57. The highest BCUT2D eigenvalue weighted by molar-refractivity contribution is 5.89. The zero-order chi connectivity index (χ0) is 13.0. The minimum atomic E-state index is -0.659. The van der Waals surface area contributed by atoms with Gasteiger partial charge in [0.05, 0.1) is 17.8 Å². The maximum Gasteiger partial charge on any atom is 0.341 e. The van der Waals surface area contributed by atoms with E-state index in [1.165, 1.54) is 12.1 Å². The molecular weight excluding hydrogens is 223 g/mol. The van der Waals surface area contributed by atoms with E-state index in [1.807, 2.05) is 13.8 Å². The molecule has 0 spiro atoms. The van der Waals surface area contributed by atoms with E-state index >= 15 is 0 Å². The zero-order valence-electron chi connectivity index (χ0n) is 10.5. The number of ether oxygens (including phenoxy) is 2. The van der Waals surface area contributed by atoms with E-state index in [-0.39, 0.29) is 17.8 Å². The highest BCUT2D eigenvalue weighted by atomic mass is 19.1. The summed E-state index contributed by atoms with van der Waals surface area (Å²) in [5, 5.41) is 0. The summed E-state index contributed by atoms with van der Waals surface area (Å²) in [6, 6.07) is 4.12. The Kier molecular flexibility index (Phi) is 4.49. The summed E-state index contributed by atoms with van der Waals surface area (Å²) in [6.45, 7) is 7.12. The van der Waals surface area contributed by atoms with Crippen LogP contribution in [0.15, 0.2) is 18.2 Å². The van der Waals surface area contributed by atoms with Gasteiger partial charge in [-0.2, -0.15) is 0 Å². The van der Waals surface area contributed by atoms with E-state index in [1.54, 1.807) is 19.9 Å². The van der Waals surface area contributed by atoms with E-state index in [4.69, 9.17) is 9.47 Å². The van der Waals surface area contributed by atoms with Crippen molar-refractivity contribution in [2.24, 2.45) is 0 Å². The van der Waals surface area contributed by atoms with Crippen LogP contribution < -0.4 is 4.74 Å². The van der Waals surface area contributed by atoms with E-state index in [2.05, 4.69) is 0 Å². The summed E-state index contributed by atoms with van der Waals surface area (Å²) in [5.41, 5.74) is -0.0743. The number of benzene rings is 1. The lowest BCUT2D eigenvalue weighted by Crippen LogP contribution is -2.13. The monoisotopic (exact) mass is 240 g/mol. The lowest BCUT2D eigenvalue weighted by atomic mass is 10.2. The molecule has 4 heteroatoms. The Bertz CT molecular complexity index is 400. The van der Waals surface area contributed by atoms with Gasteiger partial charge < -0.3 is 9.47 Å². The van der Waals surface area contributed by atoms with E-state index < -0.39 is 11.8 Å². The number of hydrogen-bond donors (Lipinski definition) is 0. The Balaban J connectivity index is 2.86. The first-order chi connectivity index (χ1) is 7.90. The Hall–Kier alpha value is -1.58. The summed E-state index contributed by atoms with van der Waals surface area (Å²) >= 11 is 0. The fourth-order valence-electron chi connectivity index (χ4n) is 1.28. The molecule has 0 aromatic heterocycles. The van der Waals surface area contributed by atoms with Crippen LogP contribution in [0.4, 0.5) is 4.39 Å². The number of carbonyl (C=O) groups excluding carboxylic acids is 1. The van der Waals surface area contributed by atoms with Gasteiger partial charge in [0, 0.05) is 6.07 Å². The minimum Gasteiger partial charge on any atom is -0.491 e. The number of halogens is 1. The molecule has 0 bridgehead atoms. The molecule has 1 aromatic rings. The largest absolute Gasteiger partial charge is 0.491 e. The van der Waals surface area contributed by atoms with Crippen LogP contribution in [-0.4, -0.2) is 18.2 Å². The molecule has 0 amide bonds. The summed E-state index contributed by atoms with van der Waals surface area (Å²) < 4.78 is 23.9. The van der Waals surface area contributed by atoms with Gasteiger partial charge in [-0.05, 0) is 39.8 Å². The lowest BCUT2D eigenvalue weighted by molar-refractivity contribution is 0.0372. The number of carbonyl (C=O) groups is 1. The maximum atomic E-state index is 13.6. The second kappa shape index (κ2) is 5.66. The molecule has 0 saturated heterocycles. The van der Waals surface area contributed by atoms with Gasteiger partial charge in [0.1, 0.15) is 11.6 Å². The second-order valence-electron chi connectivity index (χ2n) is 4.26. The summed E-state index contributed by atoms with van der Waals surface area (Å²) in [5.74, 6) is -0.888. The van der Waals surface area contributed by atoms with Gasteiger partial charge in [0.25, 0.3) is 0 Å². The number of rotatable bonds is 4. The third-order valence-corrected chi connectivity index (χ3v) is 1.87. The smallest absolute Gasteiger partial charge is 0.341 e. The van der Waals surface area contributed by atoms with Gasteiger partial charge in [0.15, 0.2) is 0 Å². The van der Waals surface area contributed by atoms with E-state index in [0.29, 0.717) is 5.75 Å². The van der Waals surface area contributed by atoms with Crippen LogP contribution >= 0.6 is 0 Å². The number of hydrogen-bond acceptors (Lipinski definition) is 3. The van der Waals surface area contributed by atoms with Crippen LogP contribution in [0.1, 0.15) is 38.1 Å². The quantitative estimate of drug-likeness (QED) is 0.758. The van der Waals surface area contributed by atoms with Crippen molar-refractivity contribution >= 4 is 5.97 Å². The summed E-state index contributed by atoms with van der Waals surface area (Å²) in [4.78, 5) is 11.5. The molecule has 0 saturated carbocycles. The van der Waals surface area contributed by atoms with E-state index in [9.17, 15) is 9.18 Å². The van der Waals surface area contributed by atoms with Crippen LogP contribution in [0.5, 0.6) is 5.75 Å². The van der Waals surface area contributed by atoms with Crippen LogP contribution in [0.25, 0.3) is 0 Å². The first kappa shape index (κ1) is 13.5.